The van der Waals surface area contributed by atoms with Gasteiger partial charge in [0.1, 0.15) is 0 Å². The molecule has 0 aliphatic carbocycles. The van der Waals surface area contributed by atoms with E-state index in [-0.39, 0.29) is 11.7 Å². The standard InChI is InChI=1S/C26H24N6OS/c1-18-8-9-22(16-19(18)2)32-25(21-10-13-27-14-11-21)28-29-26(32)34-17-24(33)31-15-12-23(30-31)20-6-4-3-5-7-20/h3-11,13-14,16H,12,15,17H2,1-2H3. The second-order valence-corrected chi connectivity index (χ2v) is 9.06. The number of aromatic nitrogens is 4. The van der Waals surface area contributed by atoms with Crippen LogP contribution in [0.25, 0.3) is 17.1 Å². The van der Waals surface area contributed by atoms with Crippen LogP contribution in [-0.2, 0) is 4.79 Å². The van der Waals surface area contributed by atoms with E-state index in [1.165, 1.54) is 22.9 Å². The van der Waals surface area contributed by atoms with Gasteiger partial charge in [0.05, 0.1) is 23.7 Å². The number of amides is 1. The normalized spacial score (nSPS) is 13.2. The zero-order chi connectivity index (χ0) is 23.5. The first-order valence-electron chi connectivity index (χ1n) is 11.1. The van der Waals surface area contributed by atoms with Crippen molar-refractivity contribution in [3.05, 3.63) is 89.7 Å². The van der Waals surface area contributed by atoms with Crippen molar-refractivity contribution in [2.24, 2.45) is 5.10 Å². The van der Waals surface area contributed by atoms with Crippen molar-refractivity contribution in [2.75, 3.05) is 12.3 Å². The molecule has 34 heavy (non-hydrogen) atoms. The summed E-state index contributed by atoms with van der Waals surface area (Å²) < 4.78 is 2.00. The molecule has 0 N–H and O–H groups in total. The summed E-state index contributed by atoms with van der Waals surface area (Å²) in [4.78, 5) is 17.1. The molecular formula is C26H24N6OS. The summed E-state index contributed by atoms with van der Waals surface area (Å²) >= 11 is 1.37. The number of hydrazone groups is 1. The topological polar surface area (TPSA) is 76.3 Å². The smallest absolute Gasteiger partial charge is 0.253 e. The summed E-state index contributed by atoms with van der Waals surface area (Å²) in [6.45, 7) is 4.76. The van der Waals surface area contributed by atoms with Crippen LogP contribution in [0.15, 0.2) is 83.3 Å². The fraction of sp³-hybridized carbons (Fsp3) is 0.192. The third-order valence-electron chi connectivity index (χ3n) is 5.84. The first-order valence-corrected chi connectivity index (χ1v) is 12.1. The van der Waals surface area contributed by atoms with Gasteiger partial charge in [-0.25, -0.2) is 5.01 Å². The molecule has 8 heteroatoms. The Morgan fingerprint density at radius 2 is 1.74 bits per heavy atom. The second-order valence-electron chi connectivity index (χ2n) is 8.11. The lowest BCUT2D eigenvalue weighted by molar-refractivity contribution is -0.127. The molecule has 0 unspecified atom stereocenters. The van der Waals surface area contributed by atoms with Crippen LogP contribution in [0, 0.1) is 13.8 Å². The summed E-state index contributed by atoms with van der Waals surface area (Å²) in [5.74, 6) is 0.896. The van der Waals surface area contributed by atoms with Crippen LogP contribution in [0.2, 0.25) is 0 Å². The van der Waals surface area contributed by atoms with E-state index in [9.17, 15) is 4.79 Å². The fourth-order valence-electron chi connectivity index (χ4n) is 3.82. The second kappa shape index (κ2) is 9.61. The van der Waals surface area contributed by atoms with E-state index in [0.29, 0.717) is 17.5 Å². The van der Waals surface area contributed by atoms with E-state index in [1.54, 1.807) is 17.4 Å². The Morgan fingerprint density at radius 1 is 0.941 bits per heavy atom. The Hall–Kier alpha value is -3.78. The number of aryl methyl sites for hydroxylation is 2. The fourth-order valence-corrected chi connectivity index (χ4v) is 4.64. The zero-order valence-corrected chi connectivity index (χ0v) is 19.9. The minimum Gasteiger partial charge on any atom is -0.272 e. The van der Waals surface area contributed by atoms with Crippen LogP contribution in [0.3, 0.4) is 0 Å². The maximum Gasteiger partial charge on any atom is 0.253 e. The minimum absolute atomic E-state index is 0.0453. The number of carbonyl (C=O) groups is 1. The highest BCUT2D eigenvalue weighted by Crippen LogP contribution is 2.29. The summed E-state index contributed by atoms with van der Waals surface area (Å²) in [5.41, 5.74) is 6.27. The van der Waals surface area contributed by atoms with Crippen LogP contribution in [0.1, 0.15) is 23.1 Å². The maximum absolute atomic E-state index is 13.0. The number of hydrogen-bond acceptors (Lipinski definition) is 6. The SMILES string of the molecule is Cc1ccc(-n2c(SCC(=O)N3CCC(c4ccccc4)=N3)nnc2-c2ccncc2)cc1C. The monoisotopic (exact) mass is 468 g/mol. The lowest BCUT2D eigenvalue weighted by atomic mass is 10.1. The van der Waals surface area contributed by atoms with Crippen LogP contribution in [0.4, 0.5) is 0 Å². The van der Waals surface area contributed by atoms with Gasteiger partial charge in [0, 0.05) is 24.4 Å². The Morgan fingerprint density at radius 3 is 2.50 bits per heavy atom. The molecule has 2 aromatic heterocycles. The van der Waals surface area contributed by atoms with Gasteiger partial charge in [-0.15, -0.1) is 10.2 Å². The van der Waals surface area contributed by atoms with Crippen molar-refractivity contribution >= 4 is 23.4 Å². The minimum atomic E-state index is -0.0453. The van der Waals surface area contributed by atoms with Crippen LogP contribution >= 0.6 is 11.8 Å². The predicted octanol–water partition coefficient (Wildman–Crippen LogP) is 4.67. The molecule has 5 rings (SSSR count). The number of carbonyl (C=O) groups excluding carboxylic acids is 1. The Balaban J connectivity index is 1.40. The molecule has 1 aliphatic heterocycles. The van der Waals surface area contributed by atoms with Gasteiger partial charge in [-0.3, -0.25) is 14.3 Å². The predicted molar refractivity (Wildman–Crippen MR) is 134 cm³/mol. The lowest BCUT2D eigenvalue weighted by Crippen LogP contribution is -2.25. The third kappa shape index (κ3) is 4.49. The van der Waals surface area contributed by atoms with E-state index in [4.69, 9.17) is 0 Å². The molecule has 1 aliphatic rings. The van der Waals surface area contributed by atoms with E-state index in [0.717, 1.165) is 28.9 Å². The average Bonchev–Trinajstić information content (AvgIpc) is 3.53. The molecule has 170 valence electrons. The first-order chi connectivity index (χ1) is 16.6. The van der Waals surface area contributed by atoms with E-state index in [2.05, 4.69) is 52.3 Å². The highest BCUT2D eigenvalue weighted by molar-refractivity contribution is 7.99. The van der Waals surface area contributed by atoms with Crippen molar-refractivity contribution in [3.8, 4) is 17.1 Å². The molecule has 0 fully saturated rings. The maximum atomic E-state index is 13.0. The average molecular weight is 469 g/mol. The van der Waals surface area contributed by atoms with Gasteiger partial charge in [-0.1, -0.05) is 48.2 Å². The molecular weight excluding hydrogens is 444 g/mol. The van der Waals surface area contributed by atoms with Crippen LogP contribution in [-0.4, -0.2) is 48.7 Å². The van der Waals surface area contributed by atoms with Gasteiger partial charge >= 0.3 is 0 Å². The van der Waals surface area contributed by atoms with Gasteiger partial charge in [-0.2, -0.15) is 5.10 Å². The highest BCUT2D eigenvalue weighted by Gasteiger charge is 2.23. The Kier molecular flexibility index (Phi) is 6.22. The first kappa shape index (κ1) is 22.0. The zero-order valence-electron chi connectivity index (χ0n) is 19.0. The van der Waals surface area contributed by atoms with Gasteiger partial charge < -0.3 is 0 Å². The van der Waals surface area contributed by atoms with Gasteiger partial charge in [0.25, 0.3) is 5.91 Å². The molecule has 0 radical (unpaired) electrons. The molecule has 3 heterocycles. The number of benzene rings is 2. The molecule has 0 saturated heterocycles. The largest absolute Gasteiger partial charge is 0.272 e. The molecule has 4 aromatic rings. The summed E-state index contributed by atoms with van der Waals surface area (Å²) in [6.07, 6.45) is 4.23. The quantitative estimate of drug-likeness (QED) is 0.384. The summed E-state index contributed by atoms with van der Waals surface area (Å²) in [5, 5.41) is 15.7. The van der Waals surface area contributed by atoms with Crippen LogP contribution < -0.4 is 0 Å². The highest BCUT2D eigenvalue weighted by atomic mass is 32.2. The van der Waals surface area contributed by atoms with E-state index < -0.39 is 0 Å². The number of hydrogen-bond donors (Lipinski definition) is 0. The van der Waals surface area contributed by atoms with Crippen molar-refractivity contribution < 1.29 is 4.79 Å². The van der Waals surface area contributed by atoms with E-state index in [1.807, 2.05) is 47.0 Å². The van der Waals surface area contributed by atoms with Crippen molar-refractivity contribution in [2.45, 2.75) is 25.4 Å². The Bertz CT molecular complexity index is 1350. The molecule has 7 nitrogen and oxygen atoms in total. The van der Waals surface area contributed by atoms with Gasteiger partial charge in [-0.05, 0) is 54.8 Å². The van der Waals surface area contributed by atoms with Gasteiger partial charge in [0.2, 0.25) is 0 Å². The molecule has 0 spiro atoms. The summed E-state index contributed by atoms with van der Waals surface area (Å²) in [6, 6.07) is 20.1. The molecule has 2 aromatic carbocycles. The van der Waals surface area contributed by atoms with Crippen molar-refractivity contribution in [1.82, 2.24) is 24.8 Å². The number of nitrogens with zero attached hydrogens (tertiary/aromatic N) is 6. The van der Waals surface area contributed by atoms with Gasteiger partial charge in [0.15, 0.2) is 11.0 Å². The molecule has 0 saturated carbocycles. The molecule has 1 amide bonds. The number of pyridine rings is 1. The number of thioether (sulfide) groups is 1. The number of rotatable bonds is 6. The summed E-state index contributed by atoms with van der Waals surface area (Å²) in [7, 11) is 0. The van der Waals surface area contributed by atoms with Crippen molar-refractivity contribution in [1.29, 1.82) is 0 Å². The lowest BCUT2D eigenvalue weighted by Gasteiger charge is -2.13. The van der Waals surface area contributed by atoms with Crippen molar-refractivity contribution in [3.63, 3.8) is 0 Å². The Labute approximate surface area is 202 Å². The molecule has 0 atom stereocenters. The van der Waals surface area contributed by atoms with Crippen LogP contribution in [0.5, 0.6) is 0 Å². The third-order valence-corrected chi connectivity index (χ3v) is 6.76. The molecule has 0 bridgehead atoms. The van der Waals surface area contributed by atoms with E-state index >= 15 is 0 Å².